The van der Waals surface area contributed by atoms with E-state index in [-0.39, 0.29) is 17.6 Å². The van der Waals surface area contributed by atoms with Crippen molar-refractivity contribution in [2.75, 3.05) is 19.5 Å². The molecule has 2 heterocycles. The first kappa shape index (κ1) is 18.4. The maximum absolute atomic E-state index is 12.3. The number of fused-ring (bicyclic) bond motifs is 1. The van der Waals surface area contributed by atoms with Gasteiger partial charge in [0, 0.05) is 13.1 Å². The minimum Gasteiger partial charge on any atom is -0.479 e. The largest absolute Gasteiger partial charge is 0.479 e. The molecule has 0 spiro atoms. The average Bonchev–Trinajstić information content (AvgIpc) is 3.10. The van der Waals surface area contributed by atoms with E-state index in [1.807, 2.05) is 44.2 Å². The third-order valence-electron chi connectivity index (χ3n) is 4.12. The molecule has 0 fully saturated rings. The smallest absolute Gasteiger partial charge is 0.270 e. The number of anilines is 1. The van der Waals surface area contributed by atoms with E-state index in [9.17, 15) is 4.79 Å². The molecule has 3 aromatic rings. The second-order valence-electron chi connectivity index (χ2n) is 6.02. The number of carbonyl (C=O) groups excluding carboxylic acids is 1. The maximum Gasteiger partial charge on any atom is 0.270 e. The first-order valence-corrected chi connectivity index (χ1v) is 8.55. The van der Waals surface area contributed by atoms with E-state index < -0.39 is 0 Å². The molecule has 1 amide bonds. The van der Waals surface area contributed by atoms with Gasteiger partial charge in [0.25, 0.3) is 5.91 Å². The summed E-state index contributed by atoms with van der Waals surface area (Å²) >= 11 is 0. The fraction of sp³-hybridized carbons (Fsp3) is 0.263. The highest BCUT2D eigenvalue weighted by atomic mass is 16.5. The Hall–Kier alpha value is -3.42. The minimum absolute atomic E-state index is 0.00640. The maximum atomic E-state index is 12.3. The summed E-state index contributed by atoms with van der Waals surface area (Å²) in [6.07, 6.45) is 0. The van der Waals surface area contributed by atoms with Crippen LogP contribution in [0.5, 0.6) is 5.88 Å². The van der Waals surface area contributed by atoms with Crippen LogP contribution >= 0.6 is 0 Å². The van der Waals surface area contributed by atoms with Crippen LogP contribution in [0.2, 0.25) is 0 Å². The molecule has 0 bridgehead atoms. The lowest BCUT2D eigenvalue weighted by atomic mass is 10.1. The van der Waals surface area contributed by atoms with E-state index in [1.165, 1.54) is 7.11 Å². The van der Waals surface area contributed by atoms with Crippen molar-refractivity contribution < 1.29 is 9.53 Å². The van der Waals surface area contributed by atoms with Crippen LogP contribution in [-0.2, 0) is 0 Å². The Kier molecular flexibility index (Phi) is 5.35. The molecule has 8 heteroatoms. The molecule has 27 heavy (non-hydrogen) atoms. The molecule has 1 atom stereocenters. The molecule has 3 N–H and O–H groups in total. The predicted molar refractivity (Wildman–Crippen MR) is 105 cm³/mol. The fourth-order valence-electron chi connectivity index (χ4n) is 2.83. The third kappa shape index (κ3) is 3.89. The number of rotatable bonds is 5. The fourth-order valence-corrected chi connectivity index (χ4v) is 2.83. The van der Waals surface area contributed by atoms with Gasteiger partial charge in [-0.25, -0.2) is 4.98 Å². The van der Waals surface area contributed by atoms with Gasteiger partial charge in [-0.3, -0.25) is 14.9 Å². The van der Waals surface area contributed by atoms with Gasteiger partial charge in [-0.05, 0) is 19.4 Å². The number of hydrogen-bond donors (Lipinski definition) is 3. The molecule has 3 rings (SSSR count). The zero-order valence-corrected chi connectivity index (χ0v) is 15.7. The number of aromatic amines is 1. The topological polar surface area (TPSA) is 104 Å². The molecule has 0 saturated heterocycles. The first-order chi connectivity index (χ1) is 13.0. The zero-order chi connectivity index (χ0) is 19.4. The van der Waals surface area contributed by atoms with Crippen LogP contribution in [0.3, 0.4) is 0 Å². The van der Waals surface area contributed by atoms with Crippen molar-refractivity contribution in [1.29, 1.82) is 0 Å². The number of amidine groups is 1. The summed E-state index contributed by atoms with van der Waals surface area (Å²) in [6.45, 7) is 3.88. The lowest BCUT2D eigenvalue weighted by molar-refractivity contribution is 0.0960. The molecule has 0 radical (unpaired) electrons. The van der Waals surface area contributed by atoms with E-state index in [0.717, 1.165) is 5.56 Å². The standard InChI is InChI=1S/C19H22N6O2/c1-11(13-8-6-5-7-9-13)21-12(2)22-15-10-14-16(19(27-4)25-24-14)17(23-15)18(26)20-3/h5-11H,1-4H3,(H,20,26)(H,24,25)(H,21,22,23). The number of H-pyrrole nitrogens is 1. The van der Waals surface area contributed by atoms with Gasteiger partial charge >= 0.3 is 0 Å². The summed E-state index contributed by atoms with van der Waals surface area (Å²) in [4.78, 5) is 21.3. The number of aliphatic imine (C=N–C) groups is 1. The van der Waals surface area contributed by atoms with Gasteiger partial charge in [0.15, 0.2) is 0 Å². The third-order valence-corrected chi connectivity index (χ3v) is 4.12. The van der Waals surface area contributed by atoms with E-state index >= 15 is 0 Å². The zero-order valence-electron chi connectivity index (χ0n) is 15.7. The van der Waals surface area contributed by atoms with E-state index in [2.05, 4.69) is 30.8 Å². The Balaban J connectivity index is 1.92. The number of amides is 1. The molecular weight excluding hydrogens is 344 g/mol. The van der Waals surface area contributed by atoms with Crippen molar-refractivity contribution in [3.05, 3.63) is 47.7 Å². The van der Waals surface area contributed by atoms with Gasteiger partial charge in [0.1, 0.15) is 11.5 Å². The van der Waals surface area contributed by atoms with E-state index in [4.69, 9.17) is 4.74 Å². The minimum atomic E-state index is -0.324. The number of hydrogen-bond acceptors (Lipinski definition) is 5. The van der Waals surface area contributed by atoms with Crippen molar-refractivity contribution >= 4 is 28.5 Å². The number of benzene rings is 1. The number of carbonyl (C=O) groups is 1. The second kappa shape index (κ2) is 7.86. The summed E-state index contributed by atoms with van der Waals surface area (Å²) in [6, 6.07) is 11.8. The van der Waals surface area contributed by atoms with Crippen LogP contribution in [0.25, 0.3) is 10.9 Å². The number of ether oxygens (including phenoxy) is 1. The van der Waals surface area contributed by atoms with Crippen LogP contribution in [0.15, 0.2) is 41.4 Å². The van der Waals surface area contributed by atoms with Crippen LogP contribution in [0.1, 0.15) is 35.9 Å². The van der Waals surface area contributed by atoms with Crippen molar-refractivity contribution in [1.82, 2.24) is 20.5 Å². The van der Waals surface area contributed by atoms with Crippen LogP contribution in [0.4, 0.5) is 5.82 Å². The van der Waals surface area contributed by atoms with E-state index in [0.29, 0.717) is 28.4 Å². The molecule has 0 saturated carbocycles. The van der Waals surface area contributed by atoms with Crippen LogP contribution < -0.4 is 15.4 Å². The Morgan fingerprint density at radius 1 is 1.30 bits per heavy atom. The van der Waals surface area contributed by atoms with Crippen molar-refractivity contribution in [3.63, 3.8) is 0 Å². The van der Waals surface area contributed by atoms with Crippen molar-refractivity contribution in [3.8, 4) is 5.88 Å². The molecule has 0 aliphatic carbocycles. The number of methoxy groups -OCH3 is 1. The summed E-state index contributed by atoms with van der Waals surface area (Å²) in [7, 11) is 3.05. The molecule has 0 aliphatic heterocycles. The number of pyridine rings is 1. The predicted octanol–water partition coefficient (Wildman–Crippen LogP) is 2.92. The average molecular weight is 366 g/mol. The number of nitrogens with one attached hydrogen (secondary N) is 3. The molecule has 1 unspecified atom stereocenters. The highest BCUT2D eigenvalue weighted by Gasteiger charge is 2.19. The molecule has 8 nitrogen and oxygen atoms in total. The monoisotopic (exact) mass is 366 g/mol. The van der Waals surface area contributed by atoms with Crippen LogP contribution in [0, 0.1) is 0 Å². The quantitative estimate of drug-likeness (QED) is 0.476. The highest BCUT2D eigenvalue weighted by molar-refractivity contribution is 6.07. The lowest BCUT2D eigenvalue weighted by Gasteiger charge is -2.11. The van der Waals surface area contributed by atoms with Crippen molar-refractivity contribution in [2.24, 2.45) is 4.99 Å². The molecular formula is C19H22N6O2. The highest BCUT2D eigenvalue weighted by Crippen LogP contribution is 2.27. The van der Waals surface area contributed by atoms with Gasteiger partial charge in [-0.15, -0.1) is 5.10 Å². The molecule has 1 aromatic carbocycles. The first-order valence-electron chi connectivity index (χ1n) is 8.55. The normalized spacial score (nSPS) is 12.7. The molecule has 2 aromatic heterocycles. The van der Waals surface area contributed by atoms with Gasteiger partial charge in [0.05, 0.1) is 29.9 Å². The Labute approximate surface area is 157 Å². The van der Waals surface area contributed by atoms with Gasteiger partial charge < -0.3 is 15.4 Å². The van der Waals surface area contributed by atoms with E-state index in [1.54, 1.807) is 13.1 Å². The summed E-state index contributed by atoms with van der Waals surface area (Å²) in [5.41, 5.74) is 1.99. The molecule has 140 valence electrons. The van der Waals surface area contributed by atoms with Gasteiger partial charge in [-0.1, -0.05) is 30.3 Å². The molecule has 0 aliphatic rings. The number of nitrogens with zero attached hydrogens (tertiary/aromatic N) is 3. The lowest BCUT2D eigenvalue weighted by Crippen LogP contribution is -2.21. The summed E-state index contributed by atoms with van der Waals surface area (Å²) < 4.78 is 5.22. The van der Waals surface area contributed by atoms with Crippen LogP contribution in [-0.4, -0.2) is 41.1 Å². The van der Waals surface area contributed by atoms with Gasteiger partial charge in [-0.2, -0.15) is 0 Å². The van der Waals surface area contributed by atoms with Crippen molar-refractivity contribution in [2.45, 2.75) is 19.9 Å². The summed E-state index contributed by atoms with van der Waals surface area (Å²) in [5, 5.41) is 13.2. The SMILES string of the molecule is CNC(=O)c1nc(NC(C)=NC(C)c2ccccc2)cc2[nH]nc(OC)c12. The number of aromatic nitrogens is 3. The summed E-state index contributed by atoms with van der Waals surface area (Å²) in [5.74, 6) is 1.18. The van der Waals surface area contributed by atoms with Gasteiger partial charge in [0.2, 0.25) is 5.88 Å². The Bertz CT molecular complexity index is 981. The Morgan fingerprint density at radius 2 is 2.04 bits per heavy atom. The Morgan fingerprint density at radius 3 is 2.70 bits per heavy atom. The second-order valence-corrected chi connectivity index (χ2v) is 6.02.